The van der Waals surface area contributed by atoms with Gasteiger partial charge in [-0.15, -0.1) is 11.3 Å². The Balaban J connectivity index is 1.55. The number of methoxy groups -OCH3 is 1. The topological polar surface area (TPSA) is 18.5 Å². The zero-order chi connectivity index (χ0) is 19.1. The molecule has 0 aliphatic heterocycles. The van der Waals surface area contributed by atoms with Crippen LogP contribution in [0.4, 0.5) is 0 Å². The molecule has 0 radical (unpaired) electrons. The number of hydrogen-bond acceptors (Lipinski definition) is 3. The summed E-state index contributed by atoms with van der Waals surface area (Å²) in [6, 6.07) is 20.7. The Morgan fingerprint density at radius 3 is 2.44 bits per heavy atom. The van der Waals surface area contributed by atoms with Crippen LogP contribution in [0.5, 0.6) is 11.5 Å². The molecule has 0 N–H and O–H groups in total. The molecule has 0 atom stereocenters. The van der Waals surface area contributed by atoms with Crippen LogP contribution in [0.3, 0.4) is 0 Å². The van der Waals surface area contributed by atoms with Crippen LogP contribution in [0, 0.1) is 0 Å². The van der Waals surface area contributed by atoms with E-state index in [1.807, 2.05) is 47.7 Å². The maximum absolute atomic E-state index is 5.95. The third kappa shape index (κ3) is 5.69. The Morgan fingerprint density at radius 1 is 0.889 bits per heavy atom. The van der Waals surface area contributed by atoms with E-state index in [-0.39, 0.29) is 5.41 Å². The van der Waals surface area contributed by atoms with Gasteiger partial charge in [0.15, 0.2) is 0 Å². The van der Waals surface area contributed by atoms with Crippen LogP contribution in [-0.4, -0.2) is 7.11 Å². The van der Waals surface area contributed by atoms with Crippen molar-refractivity contribution in [2.24, 2.45) is 0 Å². The lowest BCUT2D eigenvalue weighted by Crippen LogP contribution is -2.15. The van der Waals surface area contributed by atoms with Crippen molar-refractivity contribution in [3.8, 4) is 11.5 Å². The molecule has 0 saturated carbocycles. The quantitative estimate of drug-likeness (QED) is 0.398. The normalized spacial score (nSPS) is 11.5. The van der Waals surface area contributed by atoms with Gasteiger partial charge in [0, 0.05) is 12.0 Å². The highest BCUT2D eigenvalue weighted by atomic mass is 32.1. The smallest absolute Gasteiger partial charge is 0.127 e. The molecule has 0 spiro atoms. The minimum Gasteiger partial charge on any atom is -0.457 e. The minimum absolute atomic E-state index is 0.189. The van der Waals surface area contributed by atoms with Crippen LogP contribution < -0.4 is 4.74 Å². The van der Waals surface area contributed by atoms with Gasteiger partial charge in [-0.2, -0.15) is 0 Å². The van der Waals surface area contributed by atoms with Gasteiger partial charge in [-0.25, -0.2) is 0 Å². The molecule has 2 nitrogen and oxygen atoms in total. The summed E-state index contributed by atoms with van der Waals surface area (Å²) in [5.41, 5.74) is 2.79. The summed E-state index contributed by atoms with van der Waals surface area (Å²) in [7, 11) is 1.75. The Kier molecular flexibility index (Phi) is 6.70. The zero-order valence-corrected chi connectivity index (χ0v) is 17.2. The zero-order valence-electron chi connectivity index (χ0n) is 16.4. The molecule has 0 saturated heterocycles. The van der Waals surface area contributed by atoms with Crippen molar-refractivity contribution in [2.45, 2.75) is 45.1 Å². The lowest BCUT2D eigenvalue weighted by atomic mass is 9.85. The van der Waals surface area contributed by atoms with E-state index in [0.717, 1.165) is 30.8 Å². The van der Waals surface area contributed by atoms with Crippen molar-refractivity contribution in [1.82, 2.24) is 0 Å². The van der Waals surface area contributed by atoms with Gasteiger partial charge in [-0.05, 0) is 71.5 Å². The fourth-order valence-electron chi connectivity index (χ4n) is 3.22. The molecule has 1 aromatic heterocycles. The molecule has 0 fully saturated rings. The number of ether oxygens (including phenoxy) is 2. The van der Waals surface area contributed by atoms with E-state index in [9.17, 15) is 0 Å². The van der Waals surface area contributed by atoms with Crippen molar-refractivity contribution in [1.29, 1.82) is 0 Å². The van der Waals surface area contributed by atoms with Gasteiger partial charge in [0.25, 0.3) is 0 Å². The highest BCUT2D eigenvalue weighted by Gasteiger charge is 2.22. The Hall–Kier alpha value is -2.10. The first-order chi connectivity index (χ1) is 13.1. The SMILES string of the molecule is COCc1csc(C(C)(C)CCCc2cccc(Oc3ccccc3)c2)c1. The summed E-state index contributed by atoms with van der Waals surface area (Å²) in [6.45, 7) is 5.37. The second kappa shape index (κ2) is 9.20. The van der Waals surface area contributed by atoms with Crippen molar-refractivity contribution in [3.05, 3.63) is 82.0 Å². The van der Waals surface area contributed by atoms with Crippen molar-refractivity contribution < 1.29 is 9.47 Å². The van der Waals surface area contributed by atoms with Gasteiger partial charge >= 0.3 is 0 Å². The van der Waals surface area contributed by atoms with E-state index in [2.05, 4.69) is 43.5 Å². The fraction of sp³-hybridized carbons (Fsp3) is 0.333. The molecule has 3 aromatic rings. The van der Waals surface area contributed by atoms with Crippen molar-refractivity contribution in [2.75, 3.05) is 7.11 Å². The van der Waals surface area contributed by atoms with Crippen LogP contribution in [-0.2, 0) is 23.2 Å². The first kappa shape index (κ1) is 19.7. The van der Waals surface area contributed by atoms with E-state index in [1.54, 1.807) is 7.11 Å². The standard InChI is InChI=1S/C24H28O2S/c1-24(2,23-16-20(17-25-3)18-27-23)14-8-10-19-9-7-13-22(15-19)26-21-11-5-4-6-12-21/h4-7,9,11-13,15-16,18H,8,10,14,17H2,1-3H3. The average Bonchev–Trinajstić information content (AvgIpc) is 3.13. The van der Waals surface area contributed by atoms with E-state index in [0.29, 0.717) is 6.61 Å². The predicted octanol–water partition coefficient (Wildman–Crippen LogP) is 6.99. The van der Waals surface area contributed by atoms with E-state index >= 15 is 0 Å². The first-order valence-electron chi connectivity index (χ1n) is 9.45. The van der Waals surface area contributed by atoms with E-state index in [4.69, 9.17) is 9.47 Å². The number of aryl methyl sites for hydroxylation is 1. The molecule has 0 bridgehead atoms. The van der Waals surface area contributed by atoms with Gasteiger partial charge in [0.2, 0.25) is 0 Å². The van der Waals surface area contributed by atoms with Crippen molar-refractivity contribution >= 4 is 11.3 Å². The lowest BCUT2D eigenvalue weighted by Gasteiger charge is -2.23. The number of para-hydroxylation sites is 1. The molecule has 0 aliphatic rings. The van der Waals surface area contributed by atoms with Crippen LogP contribution in [0.25, 0.3) is 0 Å². The van der Waals surface area contributed by atoms with Crippen LogP contribution >= 0.6 is 11.3 Å². The molecule has 3 rings (SSSR count). The van der Waals surface area contributed by atoms with E-state index < -0.39 is 0 Å². The number of thiophene rings is 1. The Morgan fingerprint density at radius 2 is 1.67 bits per heavy atom. The summed E-state index contributed by atoms with van der Waals surface area (Å²) >= 11 is 1.85. The summed E-state index contributed by atoms with van der Waals surface area (Å²) in [5.74, 6) is 1.78. The monoisotopic (exact) mass is 380 g/mol. The number of benzene rings is 2. The summed E-state index contributed by atoms with van der Waals surface area (Å²) in [4.78, 5) is 1.44. The molecule has 1 heterocycles. The second-order valence-electron chi connectivity index (χ2n) is 7.55. The molecular formula is C24H28O2S. The van der Waals surface area contributed by atoms with Gasteiger partial charge < -0.3 is 9.47 Å². The summed E-state index contributed by atoms with van der Waals surface area (Å²) in [5, 5.41) is 2.21. The van der Waals surface area contributed by atoms with Crippen LogP contribution in [0.1, 0.15) is 42.7 Å². The van der Waals surface area contributed by atoms with Crippen molar-refractivity contribution in [3.63, 3.8) is 0 Å². The molecular weight excluding hydrogens is 352 g/mol. The highest BCUT2D eigenvalue weighted by Crippen LogP contribution is 2.34. The average molecular weight is 381 g/mol. The largest absolute Gasteiger partial charge is 0.457 e. The van der Waals surface area contributed by atoms with Crippen LogP contribution in [0.2, 0.25) is 0 Å². The maximum Gasteiger partial charge on any atom is 0.127 e. The summed E-state index contributed by atoms with van der Waals surface area (Å²) in [6.07, 6.45) is 3.37. The molecule has 0 amide bonds. The van der Waals surface area contributed by atoms with Gasteiger partial charge in [-0.1, -0.05) is 44.2 Å². The fourth-order valence-corrected chi connectivity index (χ4v) is 4.27. The number of hydrogen-bond donors (Lipinski definition) is 0. The second-order valence-corrected chi connectivity index (χ2v) is 8.46. The van der Waals surface area contributed by atoms with Gasteiger partial charge in [0.05, 0.1) is 6.61 Å². The minimum atomic E-state index is 0.189. The Labute approximate surface area is 166 Å². The molecule has 142 valence electrons. The number of rotatable bonds is 9. The molecule has 0 unspecified atom stereocenters. The summed E-state index contributed by atoms with van der Waals surface area (Å²) < 4.78 is 11.2. The first-order valence-corrected chi connectivity index (χ1v) is 10.3. The highest BCUT2D eigenvalue weighted by molar-refractivity contribution is 7.10. The molecule has 2 aromatic carbocycles. The molecule has 0 aliphatic carbocycles. The third-order valence-electron chi connectivity index (χ3n) is 4.78. The van der Waals surface area contributed by atoms with Gasteiger partial charge in [0.1, 0.15) is 11.5 Å². The Bertz CT molecular complexity index is 836. The van der Waals surface area contributed by atoms with E-state index in [1.165, 1.54) is 16.0 Å². The maximum atomic E-state index is 5.95. The van der Waals surface area contributed by atoms with Gasteiger partial charge in [-0.3, -0.25) is 0 Å². The molecule has 27 heavy (non-hydrogen) atoms. The third-order valence-corrected chi connectivity index (χ3v) is 6.12. The lowest BCUT2D eigenvalue weighted by molar-refractivity contribution is 0.185. The van der Waals surface area contributed by atoms with Crippen LogP contribution in [0.15, 0.2) is 66.0 Å². The predicted molar refractivity (Wildman–Crippen MR) is 114 cm³/mol. The molecule has 3 heteroatoms.